The highest BCUT2D eigenvalue weighted by atomic mass is 31.2. The number of anilines is 2. The number of nitrogens with one attached hydrogen (secondary N) is 2. The van der Waals surface area contributed by atoms with Crippen LogP contribution in [0.5, 0.6) is 5.75 Å². The lowest BCUT2D eigenvalue weighted by atomic mass is 10.1. The van der Waals surface area contributed by atoms with E-state index >= 15 is 0 Å². The Morgan fingerprint density at radius 1 is 1.12 bits per heavy atom. The number of likely N-dealkylation sites (N-methyl/N-ethyl adjacent to an activating group) is 1. The van der Waals surface area contributed by atoms with E-state index in [9.17, 15) is 4.57 Å². The highest BCUT2D eigenvalue weighted by Crippen LogP contribution is 2.39. The summed E-state index contributed by atoms with van der Waals surface area (Å²) in [5, 5.41) is 5.33. The van der Waals surface area contributed by atoms with E-state index in [-0.39, 0.29) is 6.10 Å². The van der Waals surface area contributed by atoms with Gasteiger partial charge in [-0.1, -0.05) is 12.1 Å². The number of nitrogens with zero attached hydrogens (tertiary/aromatic N) is 2. The first-order valence-corrected chi connectivity index (χ1v) is 14.2. The van der Waals surface area contributed by atoms with Gasteiger partial charge in [-0.3, -0.25) is 0 Å². The van der Waals surface area contributed by atoms with Crippen molar-refractivity contribution in [2.75, 3.05) is 38.8 Å². The van der Waals surface area contributed by atoms with Crippen LogP contribution < -0.4 is 15.4 Å². The van der Waals surface area contributed by atoms with Gasteiger partial charge in [0, 0.05) is 41.4 Å². The minimum atomic E-state index is -2.42. The van der Waals surface area contributed by atoms with Crippen molar-refractivity contribution >= 4 is 34.9 Å². The highest BCUT2D eigenvalue weighted by molar-refractivity contribution is 7.70. The van der Waals surface area contributed by atoms with Gasteiger partial charge in [-0.05, 0) is 87.3 Å². The van der Waals surface area contributed by atoms with Gasteiger partial charge >= 0.3 is 0 Å². The average molecular weight is 475 g/mol. The fourth-order valence-electron chi connectivity index (χ4n) is 4.60. The third kappa shape index (κ3) is 4.61. The number of aromatic amines is 1. The molecule has 0 radical (unpaired) electrons. The Morgan fingerprint density at radius 2 is 1.94 bits per heavy atom. The van der Waals surface area contributed by atoms with Crippen LogP contribution in [0.3, 0.4) is 0 Å². The second kappa shape index (κ2) is 8.94. The molecule has 2 aromatic carbocycles. The molecule has 2 N–H and O–H groups in total. The van der Waals surface area contributed by atoms with Gasteiger partial charge in [0.15, 0.2) is 0 Å². The van der Waals surface area contributed by atoms with E-state index < -0.39 is 7.14 Å². The molecule has 2 aromatic heterocycles. The Hall–Kier alpha value is -3.08. The van der Waals surface area contributed by atoms with E-state index in [0.717, 1.165) is 69.8 Å². The van der Waals surface area contributed by atoms with E-state index in [2.05, 4.69) is 58.4 Å². The van der Waals surface area contributed by atoms with Crippen molar-refractivity contribution in [2.45, 2.75) is 19.4 Å². The SMILES string of the molecule is Cc1cc(-c2cc3c(Nc4ccccc4P(C)(C)=O)ccnc3[nH]2)ccc1OC1CCN(C)C1. The van der Waals surface area contributed by atoms with E-state index in [1.165, 1.54) is 0 Å². The van der Waals surface area contributed by atoms with Crippen molar-refractivity contribution in [2.24, 2.45) is 0 Å². The number of likely N-dealkylation sites (tertiary alicyclic amines) is 1. The summed E-state index contributed by atoms with van der Waals surface area (Å²) in [6, 6.07) is 18.2. The number of para-hydroxylation sites is 1. The molecule has 34 heavy (non-hydrogen) atoms. The van der Waals surface area contributed by atoms with Crippen LogP contribution in [0.2, 0.25) is 0 Å². The summed E-state index contributed by atoms with van der Waals surface area (Å²) in [6.45, 7) is 7.74. The Kier molecular flexibility index (Phi) is 5.97. The lowest BCUT2D eigenvalue weighted by molar-refractivity contribution is 0.207. The van der Waals surface area contributed by atoms with Crippen molar-refractivity contribution in [3.8, 4) is 17.0 Å². The first kappa shape index (κ1) is 22.7. The van der Waals surface area contributed by atoms with E-state index in [1.807, 2.05) is 30.3 Å². The molecule has 4 aromatic rings. The Bertz CT molecular complexity index is 1390. The average Bonchev–Trinajstić information content (AvgIpc) is 3.41. The first-order chi connectivity index (χ1) is 16.3. The number of ether oxygens (including phenoxy) is 1. The van der Waals surface area contributed by atoms with Crippen molar-refractivity contribution in [1.29, 1.82) is 0 Å². The van der Waals surface area contributed by atoms with Gasteiger partial charge in [0.1, 0.15) is 24.6 Å². The molecule has 1 aliphatic heterocycles. The van der Waals surface area contributed by atoms with Gasteiger partial charge in [0.25, 0.3) is 0 Å². The van der Waals surface area contributed by atoms with Gasteiger partial charge in [0.2, 0.25) is 0 Å². The summed E-state index contributed by atoms with van der Waals surface area (Å²) in [7, 11) is -0.288. The summed E-state index contributed by atoms with van der Waals surface area (Å²) in [5.41, 5.74) is 5.80. The van der Waals surface area contributed by atoms with Gasteiger partial charge in [-0.2, -0.15) is 0 Å². The zero-order valence-corrected chi connectivity index (χ0v) is 21.0. The zero-order valence-electron chi connectivity index (χ0n) is 20.1. The predicted molar refractivity (Wildman–Crippen MR) is 142 cm³/mol. The molecule has 3 heterocycles. The monoisotopic (exact) mass is 474 g/mol. The van der Waals surface area contributed by atoms with Crippen LogP contribution >= 0.6 is 7.14 Å². The number of aryl methyl sites for hydroxylation is 1. The van der Waals surface area contributed by atoms with Crippen molar-refractivity contribution in [3.05, 3.63) is 66.4 Å². The van der Waals surface area contributed by atoms with Crippen molar-refractivity contribution < 1.29 is 9.30 Å². The normalized spacial score (nSPS) is 16.8. The number of benzene rings is 2. The second-order valence-corrected chi connectivity index (χ2v) is 12.8. The molecule has 1 aliphatic rings. The number of hydrogen-bond acceptors (Lipinski definition) is 5. The first-order valence-electron chi connectivity index (χ1n) is 11.6. The molecule has 5 rings (SSSR count). The molecule has 0 saturated carbocycles. The van der Waals surface area contributed by atoms with E-state index in [0.29, 0.717) is 0 Å². The van der Waals surface area contributed by atoms with Crippen LogP contribution in [0.15, 0.2) is 60.8 Å². The molecule has 0 bridgehead atoms. The third-order valence-corrected chi connectivity index (χ3v) is 7.96. The zero-order chi connectivity index (χ0) is 23.9. The maximum Gasteiger partial charge on any atom is 0.139 e. The fraction of sp³-hybridized carbons (Fsp3) is 0.296. The van der Waals surface area contributed by atoms with Gasteiger partial charge in [-0.15, -0.1) is 0 Å². The van der Waals surface area contributed by atoms with Crippen LogP contribution in [-0.2, 0) is 4.57 Å². The molecule has 176 valence electrons. The molecular formula is C27H31N4O2P. The maximum absolute atomic E-state index is 12.8. The summed E-state index contributed by atoms with van der Waals surface area (Å²) < 4.78 is 19.0. The van der Waals surface area contributed by atoms with Crippen LogP contribution in [0.4, 0.5) is 11.4 Å². The van der Waals surface area contributed by atoms with Crippen LogP contribution in [0, 0.1) is 6.92 Å². The molecule has 7 heteroatoms. The summed E-state index contributed by atoms with van der Waals surface area (Å²) in [4.78, 5) is 10.3. The largest absolute Gasteiger partial charge is 0.489 e. The lowest BCUT2D eigenvalue weighted by Gasteiger charge is -2.16. The fourth-order valence-corrected chi connectivity index (χ4v) is 5.76. The topological polar surface area (TPSA) is 70.2 Å². The summed E-state index contributed by atoms with van der Waals surface area (Å²) in [5.74, 6) is 0.945. The quantitative estimate of drug-likeness (QED) is 0.355. The number of pyridine rings is 1. The molecular weight excluding hydrogens is 443 g/mol. The van der Waals surface area contributed by atoms with Crippen LogP contribution in [0.1, 0.15) is 12.0 Å². The number of hydrogen-bond donors (Lipinski definition) is 2. The molecule has 0 aliphatic carbocycles. The molecule has 6 nitrogen and oxygen atoms in total. The van der Waals surface area contributed by atoms with Gasteiger partial charge in [-0.25, -0.2) is 4.98 Å². The van der Waals surface area contributed by atoms with Gasteiger partial charge < -0.3 is 24.5 Å². The minimum Gasteiger partial charge on any atom is -0.489 e. The molecule has 0 spiro atoms. The molecule has 1 atom stereocenters. The predicted octanol–water partition coefficient (Wildman–Crippen LogP) is 5.61. The number of aromatic nitrogens is 2. The minimum absolute atomic E-state index is 0.255. The summed E-state index contributed by atoms with van der Waals surface area (Å²) >= 11 is 0. The maximum atomic E-state index is 12.8. The second-order valence-electron chi connectivity index (χ2n) is 9.57. The van der Waals surface area contributed by atoms with Gasteiger partial charge in [0.05, 0.1) is 5.69 Å². The highest BCUT2D eigenvalue weighted by Gasteiger charge is 2.22. The van der Waals surface area contributed by atoms with Crippen LogP contribution in [-0.4, -0.2) is 54.4 Å². The lowest BCUT2D eigenvalue weighted by Crippen LogP contribution is -2.21. The number of rotatable bonds is 6. The molecule has 1 saturated heterocycles. The van der Waals surface area contributed by atoms with E-state index in [1.54, 1.807) is 19.5 Å². The number of fused-ring (bicyclic) bond motifs is 1. The molecule has 1 unspecified atom stereocenters. The number of H-pyrrole nitrogens is 1. The van der Waals surface area contributed by atoms with Crippen molar-refractivity contribution in [3.63, 3.8) is 0 Å². The summed E-state index contributed by atoms with van der Waals surface area (Å²) in [6.07, 6.45) is 3.10. The van der Waals surface area contributed by atoms with E-state index in [4.69, 9.17) is 4.74 Å². The van der Waals surface area contributed by atoms with Crippen LogP contribution in [0.25, 0.3) is 22.3 Å². The standard InChI is InChI=1S/C27H31N4O2P/c1-18-15-19(9-10-25(18)33-20-12-14-31(2)17-20)24-16-21-22(11-13-28-27(21)30-24)29-23-7-5-6-8-26(23)34(3,4)32/h5-11,13,15-16,20H,12,14,17H2,1-4H3,(H2,28,29,30). The van der Waals surface area contributed by atoms with Crippen molar-refractivity contribution in [1.82, 2.24) is 14.9 Å². The molecule has 1 fully saturated rings. The smallest absolute Gasteiger partial charge is 0.139 e. The molecule has 0 amide bonds. The Morgan fingerprint density at radius 3 is 2.68 bits per heavy atom. The third-order valence-electron chi connectivity index (χ3n) is 6.41. The Balaban J connectivity index is 1.44. The Labute approximate surface area is 200 Å².